The minimum absolute atomic E-state index is 0.0676. The zero-order valence-corrected chi connectivity index (χ0v) is 25.8. The number of aromatic nitrogens is 3. The molecule has 0 radical (unpaired) electrons. The van der Waals surface area contributed by atoms with Crippen LogP contribution >= 0.6 is 34.5 Å². The molecule has 3 heterocycles. The van der Waals surface area contributed by atoms with E-state index in [-0.39, 0.29) is 16.9 Å². The van der Waals surface area contributed by atoms with Gasteiger partial charge in [-0.15, -0.1) is 11.6 Å². The van der Waals surface area contributed by atoms with Gasteiger partial charge in [-0.25, -0.2) is 15.0 Å². The number of carbonyl (C=O) groups excluding carboxylic acids is 1. The van der Waals surface area contributed by atoms with E-state index < -0.39 is 0 Å². The number of piperazine rings is 1. The molecule has 0 saturated carbocycles. The number of anilines is 4. The molecular weight excluding hydrogens is 553 g/mol. The summed E-state index contributed by atoms with van der Waals surface area (Å²) in [5, 5.41) is 7.22. The largest absolute Gasteiger partial charge is 0.354 e. The number of aryl methyl sites for hydroxylation is 2. The van der Waals surface area contributed by atoms with E-state index in [0.717, 1.165) is 44.0 Å². The van der Waals surface area contributed by atoms with Crippen molar-refractivity contribution in [1.29, 1.82) is 0 Å². The Hall–Kier alpha value is -2.46. The third-order valence-electron chi connectivity index (χ3n) is 6.98. The fourth-order valence-corrected chi connectivity index (χ4v) is 6.24. The molecule has 1 fully saturated rings. The summed E-state index contributed by atoms with van der Waals surface area (Å²) in [5.74, 6) is 2.59. The molecule has 1 saturated heterocycles. The molecule has 0 bridgehead atoms. The molecule has 4 rings (SSSR count). The lowest BCUT2D eigenvalue weighted by Crippen LogP contribution is -2.56. The maximum atomic E-state index is 12.8. The number of carbonyl (C=O) groups is 1. The first-order valence-corrected chi connectivity index (χ1v) is 14.8. The predicted molar refractivity (Wildman–Crippen MR) is 163 cm³/mol. The number of thiazole rings is 1. The Labute approximate surface area is 245 Å². The van der Waals surface area contributed by atoms with Gasteiger partial charge in [0.25, 0.3) is 5.91 Å². The highest BCUT2D eigenvalue weighted by atomic mass is 35.5. The minimum atomic E-state index is -0.258. The molecule has 39 heavy (non-hydrogen) atoms. The first-order chi connectivity index (χ1) is 18.4. The summed E-state index contributed by atoms with van der Waals surface area (Å²) in [6, 6.07) is 7.45. The van der Waals surface area contributed by atoms with Gasteiger partial charge >= 0.3 is 0 Å². The molecule has 3 aromatic rings. The summed E-state index contributed by atoms with van der Waals surface area (Å²) >= 11 is 13.7. The summed E-state index contributed by atoms with van der Waals surface area (Å²) < 4.78 is 0. The fourth-order valence-electron chi connectivity index (χ4n) is 5.16. The number of halogens is 2. The van der Waals surface area contributed by atoms with Gasteiger partial charge < -0.3 is 15.5 Å². The molecule has 0 atom stereocenters. The number of nitrogens with one attached hydrogen (secondary N) is 2. The topological polar surface area (TPSA) is 86.3 Å². The highest BCUT2D eigenvalue weighted by Crippen LogP contribution is 2.34. The van der Waals surface area contributed by atoms with Crippen molar-refractivity contribution in [2.75, 3.05) is 47.6 Å². The number of hydrogen-bond acceptors (Lipinski definition) is 8. The van der Waals surface area contributed by atoms with Gasteiger partial charge in [0.15, 0.2) is 5.13 Å². The molecule has 1 aromatic carbocycles. The van der Waals surface area contributed by atoms with Crippen LogP contribution in [-0.4, -0.2) is 63.4 Å². The van der Waals surface area contributed by atoms with Crippen LogP contribution in [0.2, 0.25) is 5.02 Å². The molecule has 210 valence electrons. The van der Waals surface area contributed by atoms with E-state index in [0.29, 0.717) is 38.2 Å². The van der Waals surface area contributed by atoms with Gasteiger partial charge in [-0.1, -0.05) is 48.9 Å². The molecule has 2 aromatic heterocycles. The van der Waals surface area contributed by atoms with Crippen molar-refractivity contribution in [3.63, 3.8) is 0 Å². The second-order valence-electron chi connectivity index (χ2n) is 11.5. The molecule has 0 spiro atoms. The number of alkyl halides is 1. The van der Waals surface area contributed by atoms with Gasteiger partial charge in [-0.05, 0) is 51.2 Å². The molecule has 11 heteroatoms. The smallest absolute Gasteiger partial charge is 0.267 e. The van der Waals surface area contributed by atoms with Crippen LogP contribution < -0.4 is 15.5 Å². The third-order valence-corrected chi connectivity index (χ3v) is 8.93. The zero-order chi connectivity index (χ0) is 28.4. The average Bonchev–Trinajstić information content (AvgIpc) is 3.34. The predicted octanol–water partition coefficient (Wildman–Crippen LogP) is 6.75. The van der Waals surface area contributed by atoms with Crippen LogP contribution in [-0.2, 0) is 0 Å². The van der Waals surface area contributed by atoms with Gasteiger partial charge in [-0.2, -0.15) is 0 Å². The molecule has 0 unspecified atom stereocenters. The summed E-state index contributed by atoms with van der Waals surface area (Å²) in [5.41, 5.74) is 1.66. The number of nitrogens with zero attached hydrogens (tertiary/aromatic N) is 5. The molecule has 8 nitrogen and oxygen atoms in total. The molecule has 0 aliphatic carbocycles. The first-order valence-electron chi connectivity index (χ1n) is 13.1. The lowest BCUT2D eigenvalue weighted by Gasteiger charge is -2.47. The number of hydrogen-bond donors (Lipinski definition) is 2. The van der Waals surface area contributed by atoms with Crippen molar-refractivity contribution in [3.05, 3.63) is 51.7 Å². The van der Waals surface area contributed by atoms with Crippen LogP contribution in [0.3, 0.4) is 0 Å². The average molecular weight is 591 g/mol. The Balaban J connectivity index is 1.40. The Morgan fingerprint density at radius 2 is 1.82 bits per heavy atom. The number of para-hydroxylation sites is 1. The molecule has 1 aliphatic rings. The molecule has 1 aliphatic heterocycles. The van der Waals surface area contributed by atoms with Crippen molar-refractivity contribution in [2.24, 2.45) is 5.41 Å². The van der Waals surface area contributed by atoms with Crippen LogP contribution in [0.4, 0.5) is 22.5 Å². The van der Waals surface area contributed by atoms with E-state index in [9.17, 15) is 4.79 Å². The van der Waals surface area contributed by atoms with Gasteiger partial charge in [0.2, 0.25) is 0 Å². The van der Waals surface area contributed by atoms with E-state index >= 15 is 0 Å². The van der Waals surface area contributed by atoms with E-state index in [4.69, 9.17) is 28.2 Å². The number of rotatable bonds is 9. The monoisotopic (exact) mass is 589 g/mol. The quantitative estimate of drug-likeness (QED) is 0.267. The summed E-state index contributed by atoms with van der Waals surface area (Å²) in [6.07, 6.45) is 2.59. The fraction of sp³-hybridized carbons (Fsp3) is 0.500. The van der Waals surface area contributed by atoms with Crippen LogP contribution in [0.15, 0.2) is 30.5 Å². The van der Waals surface area contributed by atoms with Crippen molar-refractivity contribution in [1.82, 2.24) is 19.9 Å². The number of benzene rings is 1. The van der Waals surface area contributed by atoms with Gasteiger partial charge in [0, 0.05) is 43.7 Å². The number of amides is 1. The maximum absolute atomic E-state index is 12.8. The van der Waals surface area contributed by atoms with Crippen molar-refractivity contribution in [3.8, 4) is 0 Å². The van der Waals surface area contributed by atoms with Gasteiger partial charge in [-0.3, -0.25) is 9.69 Å². The van der Waals surface area contributed by atoms with Gasteiger partial charge in [0.05, 0.1) is 16.9 Å². The van der Waals surface area contributed by atoms with Crippen LogP contribution in [0, 0.1) is 19.3 Å². The highest BCUT2D eigenvalue weighted by molar-refractivity contribution is 7.17. The van der Waals surface area contributed by atoms with E-state index in [1.54, 1.807) is 12.3 Å². The Morgan fingerprint density at radius 1 is 1.10 bits per heavy atom. The van der Waals surface area contributed by atoms with E-state index in [1.165, 1.54) is 11.3 Å². The van der Waals surface area contributed by atoms with Crippen LogP contribution in [0.25, 0.3) is 0 Å². The van der Waals surface area contributed by atoms with E-state index in [2.05, 4.69) is 58.1 Å². The third kappa shape index (κ3) is 7.39. The summed E-state index contributed by atoms with van der Waals surface area (Å²) in [7, 11) is 0. The standard InChI is InChI=1S/C28H37Cl2N7OS/c1-18-8-7-9-20(30)24(18)35-25(38)21-15-31-26(39-21)34-22-14-23(33-19(2)32-22)36-10-12-37(13-11-36)28(5,6)16-27(3,4)17-29/h7-9,14-15H,10-13,16-17H2,1-6H3,(H,35,38)(H,31,32,33,34). The Kier molecular flexibility index (Phi) is 9.05. The molecule has 1 amide bonds. The maximum Gasteiger partial charge on any atom is 0.267 e. The summed E-state index contributed by atoms with van der Waals surface area (Å²) in [6.45, 7) is 16.5. The van der Waals surface area contributed by atoms with Crippen molar-refractivity contribution >= 4 is 62.9 Å². The first kappa shape index (κ1) is 29.5. The summed E-state index contributed by atoms with van der Waals surface area (Å²) in [4.78, 5) is 31.8. The molecular formula is C28H37Cl2N7OS. The Bertz CT molecular complexity index is 1300. The second-order valence-corrected chi connectivity index (χ2v) is 13.2. The van der Waals surface area contributed by atoms with Crippen molar-refractivity contribution in [2.45, 2.75) is 53.5 Å². The SMILES string of the molecule is Cc1nc(Nc2ncc(C(=O)Nc3c(C)cccc3Cl)s2)cc(N2CCN(C(C)(C)CC(C)(C)CCl)CC2)n1. The van der Waals surface area contributed by atoms with Gasteiger partial charge in [0.1, 0.15) is 22.3 Å². The van der Waals surface area contributed by atoms with E-state index in [1.807, 2.05) is 32.0 Å². The Morgan fingerprint density at radius 3 is 2.49 bits per heavy atom. The lowest BCUT2D eigenvalue weighted by atomic mass is 9.80. The van der Waals surface area contributed by atoms with Crippen LogP contribution in [0.1, 0.15) is 55.2 Å². The molecule has 2 N–H and O–H groups in total. The second kappa shape index (κ2) is 12.0. The normalized spacial score (nSPS) is 14.9. The zero-order valence-electron chi connectivity index (χ0n) is 23.4. The van der Waals surface area contributed by atoms with Crippen molar-refractivity contribution < 1.29 is 4.79 Å². The van der Waals surface area contributed by atoms with Crippen LogP contribution in [0.5, 0.6) is 0 Å². The lowest BCUT2D eigenvalue weighted by molar-refractivity contribution is 0.0723. The highest BCUT2D eigenvalue weighted by Gasteiger charge is 2.35. The minimum Gasteiger partial charge on any atom is -0.354 e.